The number of aliphatic hydroxyl groups is 1. The Morgan fingerprint density at radius 2 is 2.35 bits per heavy atom. The van der Waals surface area contributed by atoms with Gasteiger partial charge in [0.1, 0.15) is 5.82 Å². The third-order valence-electron chi connectivity index (χ3n) is 2.25. The Bertz CT molecular complexity index is 593. The van der Waals surface area contributed by atoms with E-state index in [0.717, 1.165) is 11.8 Å². The van der Waals surface area contributed by atoms with Crippen LogP contribution in [-0.2, 0) is 13.7 Å². The second-order valence-electron chi connectivity index (χ2n) is 3.36. The molecule has 17 heavy (non-hydrogen) atoms. The number of hydrogen-bond acceptors (Lipinski definition) is 4. The van der Waals surface area contributed by atoms with Gasteiger partial charge < -0.3 is 5.11 Å². The van der Waals surface area contributed by atoms with Gasteiger partial charge in [-0.25, -0.2) is 14.3 Å². The summed E-state index contributed by atoms with van der Waals surface area (Å²) in [5, 5.41) is 15.5. The lowest BCUT2D eigenvalue weighted by Crippen LogP contribution is -2.12. The lowest BCUT2D eigenvalue weighted by molar-refractivity contribution is 0.277. The second-order valence-corrected chi connectivity index (χ2v) is 4.34. The minimum Gasteiger partial charge on any atom is -0.392 e. The van der Waals surface area contributed by atoms with Crippen molar-refractivity contribution in [2.45, 2.75) is 16.7 Å². The molecule has 1 heterocycles. The first kappa shape index (κ1) is 11.9. The third-order valence-corrected chi connectivity index (χ3v) is 3.46. The number of aliphatic hydroxyl groups excluding tert-OH is 1. The molecule has 0 bridgehead atoms. The molecular formula is C10H10FN3O2S. The Hall–Kier alpha value is -1.60. The highest BCUT2D eigenvalue weighted by Crippen LogP contribution is 2.30. The van der Waals surface area contributed by atoms with Gasteiger partial charge in [0.05, 0.1) is 11.5 Å². The van der Waals surface area contributed by atoms with E-state index in [2.05, 4.69) is 10.2 Å². The Kier molecular flexibility index (Phi) is 3.30. The van der Waals surface area contributed by atoms with Crippen LogP contribution in [0.25, 0.3) is 0 Å². The number of aromatic amines is 1. The highest BCUT2D eigenvalue weighted by atomic mass is 32.2. The van der Waals surface area contributed by atoms with Crippen LogP contribution in [0.2, 0.25) is 0 Å². The van der Waals surface area contributed by atoms with Crippen LogP contribution in [0, 0.1) is 5.82 Å². The molecule has 90 valence electrons. The maximum absolute atomic E-state index is 13.6. The molecule has 0 spiro atoms. The topological polar surface area (TPSA) is 70.9 Å². The monoisotopic (exact) mass is 255 g/mol. The molecule has 0 saturated heterocycles. The second kappa shape index (κ2) is 4.72. The summed E-state index contributed by atoms with van der Waals surface area (Å²) in [6, 6.07) is 4.44. The van der Waals surface area contributed by atoms with Gasteiger partial charge in [-0.15, -0.1) is 5.10 Å². The van der Waals surface area contributed by atoms with Crippen LogP contribution in [0.5, 0.6) is 0 Å². The third kappa shape index (κ3) is 2.25. The van der Waals surface area contributed by atoms with Crippen molar-refractivity contribution in [2.24, 2.45) is 7.05 Å². The van der Waals surface area contributed by atoms with E-state index in [-0.39, 0.29) is 17.2 Å². The zero-order chi connectivity index (χ0) is 12.4. The predicted molar refractivity (Wildman–Crippen MR) is 60.3 cm³/mol. The summed E-state index contributed by atoms with van der Waals surface area (Å²) in [5.41, 5.74) is 0.0971. The van der Waals surface area contributed by atoms with Crippen LogP contribution in [0.1, 0.15) is 5.56 Å². The van der Waals surface area contributed by atoms with Crippen LogP contribution in [0.4, 0.5) is 4.39 Å². The van der Waals surface area contributed by atoms with Crippen molar-refractivity contribution < 1.29 is 9.50 Å². The smallest absolute Gasteiger partial charge is 0.343 e. The van der Waals surface area contributed by atoms with E-state index >= 15 is 0 Å². The predicted octanol–water partition coefficient (Wildman–Crippen LogP) is 0.891. The Morgan fingerprint density at radius 3 is 2.94 bits per heavy atom. The molecule has 1 aromatic heterocycles. The molecule has 5 nitrogen and oxygen atoms in total. The summed E-state index contributed by atoms with van der Waals surface area (Å²) >= 11 is 0.998. The minimum absolute atomic E-state index is 0.265. The molecule has 1 aromatic carbocycles. The molecule has 2 rings (SSSR count). The molecule has 0 aliphatic heterocycles. The lowest BCUT2D eigenvalue weighted by atomic mass is 10.2. The van der Waals surface area contributed by atoms with Gasteiger partial charge in [0.25, 0.3) is 0 Å². The summed E-state index contributed by atoms with van der Waals surface area (Å²) < 4.78 is 14.9. The van der Waals surface area contributed by atoms with Crippen molar-refractivity contribution in [1.29, 1.82) is 0 Å². The Labute approximate surface area is 100 Å². The average Bonchev–Trinajstić information content (AvgIpc) is 2.63. The summed E-state index contributed by atoms with van der Waals surface area (Å²) in [6.45, 7) is -0.265. The lowest BCUT2D eigenvalue weighted by Gasteiger charge is -2.06. The summed E-state index contributed by atoms with van der Waals surface area (Å²) in [5.74, 6) is -0.447. The van der Waals surface area contributed by atoms with Crippen molar-refractivity contribution in [2.75, 3.05) is 0 Å². The average molecular weight is 255 g/mol. The normalized spacial score (nSPS) is 10.8. The highest BCUT2D eigenvalue weighted by Gasteiger charge is 2.13. The number of H-pyrrole nitrogens is 1. The first-order valence-electron chi connectivity index (χ1n) is 4.81. The fourth-order valence-electron chi connectivity index (χ4n) is 1.31. The van der Waals surface area contributed by atoms with E-state index in [1.165, 1.54) is 23.7 Å². The number of aromatic nitrogens is 3. The Balaban J connectivity index is 2.42. The maximum atomic E-state index is 13.6. The van der Waals surface area contributed by atoms with Gasteiger partial charge in [-0.3, -0.25) is 4.57 Å². The van der Waals surface area contributed by atoms with E-state index in [1.807, 2.05) is 0 Å². The number of rotatable bonds is 3. The van der Waals surface area contributed by atoms with Gasteiger partial charge in [-0.2, -0.15) is 0 Å². The molecule has 2 aromatic rings. The molecule has 2 N–H and O–H groups in total. The van der Waals surface area contributed by atoms with Crippen LogP contribution >= 0.6 is 11.8 Å². The van der Waals surface area contributed by atoms with Crippen molar-refractivity contribution in [3.8, 4) is 0 Å². The van der Waals surface area contributed by atoms with Gasteiger partial charge in [0, 0.05) is 7.05 Å². The van der Waals surface area contributed by atoms with Crippen LogP contribution in [-0.4, -0.2) is 19.9 Å². The fourth-order valence-corrected chi connectivity index (χ4v) is 2.23. The minimum atomic E-state index is -0.447. The molecule has 0 fully saturated rings. The first-order valence-corrected chi connectivity index (χ1v) is 5.62. The number of nitrogens with one attached hydrogen (secondary N) is 1. The summed E-state index contributed by atoms with van der Waals surface area (Å²) in [6.07, 6.45) is 0. The van der Waals surface area contributed by atoms with Crippen molar-refractivity contribution >= 4 is 11.8 Å². The van der Waals surface area contributed by atoms with Gasteiger partial charge in [-0.05, 0) is 23.4 Å². The largest absolute Gasteiger partial charge is 0.392 e. The van der Waals surface area contributed by atoms with Gasteiger partial charge in [0.2, 0.25) is 0 Å². The van der Waals surface area contributed by atoms with E-state index in [1.54, 1.807) is 6.07 Å². The summed E-state index contributed by atoms with van der Waals surface area (Å²) in [7, 11) is 1.54. The van der Waals surface area contributed by atoms with Gasteiger partial charge in [0.15, 0.2) is 5.16 Å². The molecule has 0 aliphatic carbocycles. The number of hydrogen-bond donors (Lipinski definition) is 2. The SMILES string of the molecule is Cn1c(Sc2c(F)cccc2CO)n[nH]c1=O. The molecule has 0 saturated carbocycles. The molecule has 7 heteroatoms. The highest BCUT2D eigenvalue weighted by molar-refractivity contribution is 7.99. The molecular weight excluding hydrogens is 245 g/mol. The molecule has 0 aliphatic rings. The van der Waals surface area contributed by atoms with Crippen molar-refractivity contribution in [3.05, 3.63) is 40.1 Å². The van der Waals surface area contributed by atoms with E-state index in [0.29, 0.717) is 10.7 Å². The summed E-state index contributed by atoms with van der Waals surface area (Å²) in [4.78, 5) is 11.4. The van der Waals surface area contributed by atoms with Crippen LogP contribution in [0.15, 0.2) is 33.0 Å². The number of halogens is 1. The Morgan fingerprint density at radius 1 is 1.59 bits per heavy atom. The van der Waals surface area contributed by atoms with Gasteiger partial charge in [-0.1, -0.05) is 12.1 Å². The quantitative estimate of drug-likeness (QED) is 0.854. The van der Waals surface area contributed by atoms with Gasteiger partial charge >= 0.3 is 5.69 Å². The van der Waals surface area contributed by atoms with Crippen molar-refractivity contribution in [3.63, 3.8) is 0 Å². The molecule has 0 amide bonds. The zero-order valence-electron chi connectivity index (χ0n) is 8.98. The fraction of sp³-hybridized carbons (Fsp3) is 0.200. The van der Waals surface area contributed by atoms with E-state index in [4.69, 9.17) is 5.11 Å². The standard InChI is InChI=1S/C10H10FN3O2S/c1-14-9(16)12-13-10(14)17-8-6(5-15)3-2-4-7(8)11/h2-4,15H,5H2,1H3,(H,12,16). The molecule has 0 unspecified atom stereocenters. The number of nitrogens with zero attached hydrogens (tertiary/aromatic N) is 2. The van der Waals surface area contributed by atoms with E-state index in [9.17, 15) is 9.18 Å². The molecule has 0 radical (unpaired) electrons. The van der Waals surface area contributed by atoms with Crippen molar-refractivity contribution in [1.82, 2.24) is 14.8 Å². The molecule has 0 atom stereocenters. The zero-order valence-corrected chi connectivity index (χ0v) is 9.79. The van der Waals surface area contributed by atoms with Crippen LogP contribution < -0.4 is 5.69 Å². The van der Waals surface area contributed by atoms with E-state index < -0.39 is 5.82 Å². The first-order chi connectivity index (χ1) is 8.13. The van der Waals surface area contributed by atoms with Crippen LogP contribution in [0.3, 0.4) is 0 Å². The maximum Gasteiger partial charge on any atom is 0.343 e. The number of benzene rings is 1.